The van der Waals surface area contributed by atoms with E-state index in [0.717, 1.165) is 18.5 Å². The fraction of sp³-hybridized carbons (Fsp3) is 0.333. The molecule has 0 radical (unpaired) electrons. The van der Waals surface area contributed by atoms with Crippen molar-refractivity contribution in [2.75, 3.05) is 7.11 Å². The highest BCUT2D eigenvalue weighted by Crippen LogP contribution is 2.40. The first-order valence-electron chi connectivity index (χ1n) is 9.14. The standard InChI is InChI=1S/C21H20N2O5/c1-11-18-16(10-17(13-4-5-13)22-20(18)28-23-11)21(25)27-12(2)19(24)14-6-8-15(26-3)9-7-14/h6-10,12-13H,4-5H2,1-3H3/t12-/m0/s1. The molecule has 7 nitrogen and oxygen atoms in total. The number of esters is 1. The fourth-order valence-corrected chi connectivity index (χ4v) is 3.13. The third-order valence-electron chi connectivity index (χ3n) is 4.88. The summed E-state index contributed by atoms with van der Waals surface area (Å²) in [4.78, 5) is 29.9. The Morgan fingerprint density at radius 3 is 2.57 bits per heavy atom. The van der Waals surface area contributed by atoms with Gasteiger partial charge in [0.15, 0.2) is 6.10 Å². The number of ether oxygens (including phenoxy) is 2. The summed E-state index contributed by atoms with van der Waals surface area (Å²) in [5.74, 6) is 0.108. The number of fused-ring (bicyclic) bond motifs is 1. The molecule has 0 bridgehead atoms. The van der Waals surface area contributed by atoms with Gasteiger partial charge in [-0.15, -0.1) is 0 Å². The number of carbonyl (C=O) groups excluding carboxylic acids is 2. The van der Waals surface area contributed by atoms with E-state index in [1.54, 1.807) is 51.3 Å². The number of nitrogens with zero attached hydrogens (tertiary/aromatic N) is 2. The Labute approximate surface area is 161 Å². The highest BCUT2D eigenvalue weighted by molar-refractivity contribution is 6.06. The van der Waals surface area contributed by atoms with Gasteiger partial charge in [-0.1, -0.05) is 5.16 Å². The highest BCUT2D eigenvalue weighted by Gasteiger charge is 2.30. The van der Waals surface area contributed by atoms with Crippen LogP contribution >= 0.6 is 0 Å². The van der Waals surface area contributed by atoms with Crippen molar-refractivity contribution in [1.82, 2.24) is 10.1 Å². The van der Waals surface area contributed by atoms with Crippen LogP contribution < -0.4 is 4.74 Å². The van der Waals surface area contributed by atoms with Gasteiger partial charge in [0.05, 0.1) is 23.8 Å². The van der Waals surface area contributed by atoms with Crippen LogP contribution in [0.5, 0.6) is 5.75 Å². The molecule has 4 rings (SSSR count). The van der Waals surface area contributed by atoms with Crippen LogP contribution in [-0.4, -0.2) is 35.1 Å². The lowest BCUT2D eigenvalue weighted by Crippen LogP contribution is -2.24. The normalized spacial score (nSPS) is 14.7. The van der Waals surface area contributed by atoms with Crippen molar-refractivity contribution < 1.29 is 23.6 Å². The van der Waals surface area contributed by atoms with Crippen molar-refractivity contribution in [2.24, 2.45) is 0 Å². The van der Waals surface area contributed by atoms with Crippen LogP contribution in [0.2, 0.25) is 0 Å². The highest BCUT2D eigenvalue weighted by atomic mass is 16.5. The third kappa shape index (κ3) is 3.35. The van der Waals surface area contributed by atoms with Gasteiger partial charge in [-0.3, -0.25) is 4.79 Å². The topological polar surface area (TPSA) is 91.5 Å². The van der Waals surface area contributed by atoms with Gasteiger partial charge >= 0.3 is 5.97 Å². The lowest BCUT2D eigenvalue weighted by molar-refractivity contribution is 0.0320. The number of benzene rings is 1. The molecule has 1 aromatic carbocycles. The largest absolute Gasteiger partial charge is 0.497 e. The van der Waals surface area contributed by atoms with Crippen molar-refractivity contribution in [3.63, 3.8) is 0 Å². The molecule has 0 saturated heterocycles. The summed E-state index contributed by atoms with van der Waals surface area (Å²) in [6.07, 6.45) is 1.13. The Morgan fingerprint density at radius 1 is 1.21 bits per heavy atom. The van der Waals surface area contributed by atoms with Crippen LogP contribution in [-0.2, 0) is 4.74 Å². The molecule has 0 spiro atoms. The van der Waals surface area contributed by atoms with E-state index in [9.17, 15) is 9.59 Å². The molecule has 2 heterocycles. The number of hydrogen-bond acceptors (Lipinski definition) is 7. The van der Waals surface area contributed by atoms with Gasteiger partial charge in [-0.2, -0.15) is 0 Å². The summed E-state index contributed by atoms with van der Waals surface area (Å²) < 4.78 is 15.8. The zero-order valence-electron chi connectivity index (χ0n) is 15.9. The van der Waals surface area contributed by atoms with Crippen LogP contribution in [0.25, 0.3) is 11.1 Å². The molecular weight excluding hydrogens is 360 g/mol. The first-order chi connectivity index (χ1) is 13.5. The molecule has 1 aliphatic carbocycles. The second kappa shape index (κ2) is 7.07. The number of aryl methyl sites for hydroxylation is 1. The molecule has 1 fully saturated rings. The average molecular weight is 380 g/mol. The molecule has 2 aromatic heterocycles. The SMILES string of the molecule is COc1ccc(C(=O)[C@H](C)OC(=O)c2cc(C3CC3)nc3onc(C)c23)cc1. The van der Waals surface area contributed by atoms with Crippen LogP contribution in [0.15, 0.2) is 34.9 Å². The van der Waals surface area contributed by atoms with Crippen molar-refractivity contribution >= 4 is 22.9 Å². The van der Waals surface area contributed by atoms with Crippen LogP contribution in [0.4, 0.5) is 0 Å². The first-order valence-corrected chi connectivity index (χ1v) is 9.14. The minimum atomic E-state index is -0.936. The zero-order valence-corrected chi connectivity index (χ0v) is 15.9. The Balaban J connectivity index is 1.58. The summed E-state index contributed by atoms with van der Waals surface area (Å²) >= 11 is 0. The average Bonchev–Trinajstić information content (AvgIpc) is 3.50. The number of carbonyl (C=O) groups is 2. The molecule has 1 aliphatic rings. The molecule has 144 valence electrons. The zero-order chi connectivity index (χ0) is 19.8. The summed E-state index contributed by atoms with van der Waals surface area (Å²) in [5.41, 5.74) is 2.46. The summed E-state index contributed by atoms with van der Waals surface area (Å²) in [7, 11) is 1.55. The minimum absolute atomic E-state index is 0.286. The molecule has 0 amide bonds. The van der Waals surface area contributed by atoms with Gasteiger partial charge in [0.2, 0.25) is 5.78 Å². The van der Waals surface area contributed by atoms with Crippen LogP contribution in [0.1, 0.15) is 57.8 Å². The van der Waals surface area contributed by atoms with Crippen LogP contribution in [0, 0.1) is 6.92 Å². The lowest BCUT2D eigenvalue weighted by Gasteiger charge is -2.13. The molecule has 28 heavy (non-hydrogen) atoms. The maximum Gasteiger partial charge on any atom is 0.339 e. The van der Waals surface area contributed by atoms with Gasteiger partial charge in [-0.25, -0.2) is 9.78 Å². The van der Waals surface area contributed by atoms with E-state index in [0.29, 0.717) is 39.6 Å². The number of Topliss-reactive ketones (excluding diaryl/α,β-unsaturated/α-hetero) is 1. The number of ketones is 1. The quantitative estimate of drug-likeness (QED) is 0.474. The fourth-order valence-electron chi connectivity index (χ4n) is 3.13. The molecular formula is C21H20N2O5. The molecule has 0 N–H and O–H groups in total. The molecule has 0 aliphatic heterocycles. The smallest absolute Gasteiger partial charge is 0.339 e. The maximum absolute atomic E-state index is 12.9. The summed E-state index contributed by atoms with van der Waals surface area (Å²) in [5, 5.41) is 4.44. The van der Waals surface area contributed by atoms with Gasteiger partial charge < -0.3 is 14.0 Å². The summed E-state index contributed by atoms with van der Waals surface area (Å²) in [6, 6.07) is 8.40. The number of hydrogen-bond donors (Lipinski definition) is 0. The Hall–Kier alpha value is -3.22. The van der Waals surface area contributed by atoms with Gasteiger partial charge in [0, 0.05) is 17.2 Å². The Bertz CT molecular complexity index is 1050. The minimum Gasteiger partial charge on any atom is -0.497 e. The molecule has 1 saturated carbocycles. The van der Waals surface area contributed by atoms with E-state index in [2.05, 4.69) is 10.1 Å². The second-order valence-corrected chi connectivity index (χ2v) is 6.96. The predicted octanol–water partition coefficient (Wildman–Crippen LogP) is 3.85. The Kier molecular flexibility index (Phi) is 4.58. The molecule has 1 atom stereocenters. The van der Waals surface area contributed by atoms with Gasteiger partial charge in [0.1, 0.15) is 5.75 Å². The monoisotopic (exact) mass is 380 g/mol. The van der Waals surface area contributed by atoms with Gasteiger partial charge in [-0.05, 0) is 57.0 Å². The van der Waals surface area contributed by atoms with Gasteiger partial charge in [0.25, 0.3) is 5.71 Å². The number of pyridine rings is 1. The third-order valence-corrected chi connectivity index (χ3v) is 4.88. The number of aromatic nitrogens is 2. The first kappa shape index (κ1) is 18.2. The van der Waals surface area contributed by atoms with Crippen molar-refractivity contribution in [2.45, 2.75) is 38.7 Å². The van der Waals surface area contributed by atoms with Crippen molar-refractivity contribution in [1.29, 1.82) is 0 Å². The molecule has 3 aromatic rings. The van der Waals surface area contributed by atoms with E-state index in [4.69, 9.17) is 14.0 Å². The molecule has 7 heteroatoms. The van der Waals surface area contributed by atoms with E-state index in [-0.39, 0.29) is 5.78 Å². The van der Waals surface area contributed by atoms with E-state index >= 15 is 0 Å². The van der Waals surface area contributed by atoms with E-state index in [1.165, 1.54) is 0 Å². The van der Waals surface area contributed by atoms with Crippen molar-refractivity contribution in [3.8, 4) is 5.75 Å². The van der Waals surface area contributed by atoms with E-state index in [1.807, 2.05) is 0 Å². The summed E-state index contributed by atoms with van der Waals surface area (Å²) in [6.45, 7) is 3.30. The second-order valence-electron chi connectivity index (χ2n) is 6.96. The van der Waals surface area contributed by atoms with E-state index < -0.39 is 12.1 Å². The lowest BCUT2D eigenvalue weighted by atomic mass is 10.1. The van der Waals surface area contributed by atoms with Crippen molar-refractivity contribution in [3.05, 3.63) is 52.8 Å². The Morgan fingerprint density at radius 2 is 1.93 bits per heavy atom. The number of methoxy groups -OCH3 is 1. The predicted molar refractivity (Wildman–Crippen MR) is 101 cm³/mol. The van der Waals surface area contributed by atoms with Crippen LogP contribution in [0.3, 0.4) is 0 Å². The number of rotatable bonds is 6. The maximum atomic E-state index is 12.9. The molecule has 0 unspecified atom stereocenters.